The average molecular weight is 419 g/mol. The lowest BCUT2D eigenvalue weighted by Crippen LogP contribution is -2.71. The van der Waals surface area contributed by atoms with Gasteiger partial charge in [0.1, 0.15) is 23.7 Å². The SMILES string of the molecule is CC(=O)OCC1=C(C(=O)O)N2C(=O)[C@@H](NC(=O)C(=NO)c3ccccc3)[C@H]2SC1. The maximum atomic E-state index is 12.6. The van der Waals surface area contributed by atoms with E-state index in [4.69, 9.17) is 4.74 Å². The molecular weight excluding hydrogens is 402 g/mol. The molecule has 2 atom stereocenters. The largest absolute Gasteiger partial charge is 0.477 e. The van der Waals surface area contributed by atoms with Crippen molar-refractivity contribution in [1.82, 2.24) is 10.2 Å². The van der Waals surface area contributed by atoms with Gasteiger partial charge in [0.25, 0.3) is 11.8 Å². The normalized spacial score (nSPS) is 21.2. The number of ether oxygens (including phenoxy) is 1. The number of thioether (sulfide) groups is 1. The summed E-state index contributed by atoms with van der Waals surface area (Å²) in [4.78, 5) is 48.8. The van der Waals surface area contributed by atoms with Crippen molar-refractivity contribution in [3.8, 4) is 0 Å². The van der Waals surface area contributed by atoms with Crippen LogP contribution < -0.4 is 5.32 Å². The summed E-state index contributed by atoms with van der Waals surface area (Å²) >= 11 is 1.24. The number of benzene rings is 1. The molecule has 3 N–H and O–H groups in total. The van der Waals surface area contributed by atoms with Crippen molar-refractivity contribution in [1.29, 1.82) is 0 Å². The van der Waals surface area contributed by atoms with Crippen molar-refractivity contribution < 1.29 is 34.2 Å². The highest BCUT2D eigenvalue weighted by molar-refractivity contribution is 8.00. The Bertz CT molecular complexity index is 929. The van der Waals surface area contributed by atoms with Gasteiger partial charge in [-0.3, -0.25) is 19.3 Å². The molecule has 2 heterocycles. The summed E-state index contributed by atoms with van der Waals surface area (Å²) in [6, 6.07) is 7.23. The van der Waals surface area contributed by atoms with Crippen LogP contribution in [0.2, 0.25) is 0 Å². The highest BCUT2D eigenvalue weighted by Gasteiger charge is 2.54. The molecule has 1 saturated heterocycles. The maximum Gasteiger partial charge on any atom is 0.352 e. The van der Waals surface area contributed by atoms with Gasteiger partial charge < -0.3 is 20.4 Å². The highest BCUT2D eigenvalue weighted by Crippen LogP contribution is 2.40. The third-order valence-electron chi connectivity index (χ3n) is 4.35. The molecule has 10 nitrogen and oxygen atoms in total. The maximum absolute atomic E-state index is 12.6. The molecule has 0 unspecified atom stereocenters. The van der Waals surface area contributed by atoms with Gasteiger partial charge in [-0.2, -0.15) is 0 Å². The zero-order chi connectivity index (χ0) is 21.1. The van der Waals surface area contributed by atoms with Gasteiger partial charge in [-0.25, -0.2) is 4.79 Å². The molecule has 11 heteroatoms. The minimum atomic E-state index is -1.32. The van der Waals surface area contributed by atoms with Gasteiger partial charge in [-0.05, 0) is 0 Å². The standard InChI is InChI=1S/C18H17N3O7S/c1-9(22)28-7-11-8-29-17-13(16(24)21(17)14(11)18(25)26)19-15(23)12(20-27)10-5-3-2-4-6-10/h2-6,13,17,27H,7-8H2,1H3,(H,19,23)(H,25,26)/t13-,17-/m1/s1. The number of hydrogen-bond acceptors (Lipinski definition) is 8. The molecule has 3 rings (SSSR count). The number of carboxylic acid groups (broad SMARTS) is 1. The molecule has 1 aromatic carbocycles. The van der Waals surface area contributed by atoms with Gasteiger partial charge in [0.2, 0.25) is 0 Å². The Morgan fingerprint density at radius 2 is 2.00 bits per heavy atom. The van der Waals surface area contributed by atoms with E-state index < -0.39 is 35.2 Å². The Morgan fingerprint density at radius 1 is 1.31 bits per heavy atom. The van der Waals surface area contributed by atoms with Crippen molar-refractivity contribution in [2.24, 2.45) is 5.16 Å². The third kappa shape index (κ3) is 3.94. The number of β-lactam (4-membered cyclic amide) rings is 1. The van der Waals surface area contributed by atoms with Crippen molar-refractivity contribution in [3.05, 3.63) is 47.2 Å². The smallest absolute Gasteiger partial charge is 0.352 e. The van der Waals surface area contributed by atoms with Crippen LogP contribution >= 0.6 is 11.8 Å². The van der Waals surface area contributed by atoms with E-state index in [0.29, 0.717) is 11.1 Å². The van der Waals surface area contributed by atoms with Crippen molar-refractivity contribution >= 4 is 41.2 Å². The molecule has 1 fully saturated rings. The van der Waals surface area contributed by atoms with Crippen LogP contribution in [0.15, 0.2) is 46.8 Å². The molecule has 0 saturated carbocycles. The van der Waals surface area contributed by atoms with E-state index in [1.54, 1.807) is 30.3 Å². The van der Waals surface area contributed by atoms with E-state index >= 15 is 0 Å². The number of fused-ring (bicyclic) bond motifs is 1. The lowest BCUT2D eigenvalue weighted by Gasteiger charge is -2.49. The number of nitrogens with one attached hydrogen (secondary N) is 1. The number of carboxylic acids is 1. The highest BCUT2D eigenvalue weighted by atomic mass is 32.2. The molecule has 0 aromatic heterocycles. The van der Waals surface area contributed by atoms with Crippen LogP contribution in [0.4, 0.5) is 0 Å². The fourth-order valence-electron chi connectivity index (χ4n) is 3.02. The predicted octanol–water partition coefficient (Wildman–Crippen LogP) is 0.167. The van der Waals surface area contributed by atoms with Gasteiger partial charge in [-0.1, -0.05) is 35.5 Å². The number of carbonyl (C=O) groups excluding carboxylic acids is 3. The molecule has 0 aliphatic carbocycles. The number of rotatable bonds is 6. The molecule has 152 valence electrons. The molecule has 0 radical (unpaired) electrons. The van der Waals surface area contributed by atoms with Crippen LogP contribution in [0, 0.1) is 0 Å². The quantitative estimate of drug-likeness (QED) is 0.194. The summed E-state index contributed by atoms with van der Waals surface area (Å²) in [6.07, 6.45) is 0. The first-order chi connectivity index (χ1) is 13.8. The van der Waals surface area contributed by atoms with Crippen LogP contribution in [0.25, 0.3) is 0 Å². The number of aliphatic carboxylic acids is 1. The first-order valence-corrected chi connectivity index (χ1v) is 9.51. The van der Waals surface area contributed by atoms with Crippen LogP contribution in [-0.4, -0.2) is 68.5 Å². The van der Waals surface area contributed by atoms with Crippen LogP contribution in [0.5, 0.6) is 0 Å². The number of oxime groups is 1. The molecular formula is C18H17N3O7S. The molecule has 1 aromatic rings. The Kier molecular flexibility index (Phi) is 5.87. The van der Waals surface area contributed by atoms with Crippen LogP contribution in [0.3, 0.4) is 0 Å². The second kappa shape index (κ2) is 8.35. The molecule has 2 aliphatic heterocycles. The minimum absolute atomic E-state index is 0.218. The van der Waals surface area contributed by atoms with E-state index in [1.807, 2.05) is 0 Å². The molecule has 2 amide bonds. The minimum Gasteiger partial charge on any atom is -0.477 e. The summed E-state index contributed by atoms with van der Waals surface area (Å²) in [6.45, 7) is 0.972. The summed E-state index contributed by atoms with van der Waals surface area (Å²) < 4.78 is 4.87. The molecule has 2 aliphatic rings. The van der Waals surface area contributed by atoms with Crippen LogP contribution in [0.1, 0.15) is 12.5 Å². The second-order valence-electron chi connectivity index (χ2n) is 6.21. The summed E-state index contributed by atoms with van der Waals surface area (Å²) in [5, 5.41) is 23.6. The Hall–Kier alpha value is -3.34. The zero-order valence-electron chi connectivity index (χ0n) is 15.2. The van der Waals surface area contributed by atoms with E-state index in [-0.39, 0.29) is 23.8 Å². The molecule has 0 bridgehead atoms. The number of nitrogens with zero attached hydrogens (tertiary/aromatic N) is 2. The monoisotopic (exact) mass is 419 g/mol. The fourth-order valence-corrected chi connectivity index (χ4v) is 4.35. The van der Waals surface area contributed by atoms with Gasteiger partial charge in [0, 0.05) is 23.8 Å². The van der Waals surface area contributed by atoms with E-state index in [9.17, 15) is 29.5 Å². The van der Waals surface area contributed by atoms with Gasteiger partial charge in [0.15, 0.2) is 5.71 Å². The first kappa shape index (κ1) is 20.4. The third-order valence-corrected chi connectivity index (χ3v) is 5.69. The molecule has 29 heavy (non-hydrogen) atoms. The predicted molar refractivity (Wildman–Crippen MR) is 101 cm³/mol. The summed E-state index contributed by atoms with van der Waals surface area (Å²) in [5.74, 6) is -3.04. The number of amides is 2. The second-order valence-corrected chi connectivity index (χ2v) is 7.32. The van der Waals surface area contributed by atoms with Crippen molar-refractivity contribution in [2.45, 2.75) is 18.3 Å². The van der Waals surface area contributed by atoms with E-state index in [2.05, 4.69) is 10.5 Å². The van der Waals surface area contributed by atoms with Gasteiger partial charge in [0.05, 0.1) is 0 Å². The number of carbonyl (C=O) groups is 4. The average Bonchev–Trinajstić information content (AvgIpc) is 2.70. The van der Waals surface area contributed by atoms with E-state index in [1.165, 1.54) is 18.7 Å². The lowest BCUT2D eigenvalue weighted by molar-refractivity contribution is -0.150. The van der Waals surface area contributed by atoms with Gasteiger partial charge >= 0.3 is 11.9 Å². The van der Waals surface area contributed by atoms with Gasteiger partial charge in [-0.15, -0.1) is 11.8 Å². The first-order valence-electron chi connectivity index (χ1n) is 8.46. The van der Waals surface area contributed by atoms with Crippen molar-refractivity contribution in [2.75, 3.05) is 12.4 Å². The van der Waals surface area contributed by atoms with Crippen molar-refractivity contribution in [3.63, 3.8) is 0 Å². The Labute approximate surface area is 169 Å². The lowest BCUT2D eigenvalue weighted by atomic mass is 10.0. The Morgan fingerprint density at radius 3 is 2.59 bits per heavy atom. The molecule has 0 spiro atoms. The summed E-state index contributed by atoms with van der Waals surface area (Å²) in [7, 11) is 0. The summed E-state index contributed by atoms with van der Waals surface area (Å²) in [5.41, 5.74) is 0.156. The number of hydrogen-bond donors (Lipinski definition) is 3. The van der Waals surface area contributed by atoms with E-state index in [0.717, 1.165) is 4.90 Å². The number of esters is 1. The fraction of sp³-hybridized carbons (Fsp3) is 0.278. The topological polar surface area (TPSA) is 146 Å². The Balaban J connectivity index is 1.76. The van der Waals surface area contributed by atoms with Crippen LogP contribution in [-0.2, 0) is 23.9 Å². The zero-order valence-corrected chi connectivity index (χ0v) is 16.0.